The maximum atomic E-state index is 3.60. The Morgan fingerprint density at radius 1 is 0.577 bits per heavy atom. The second-order valence-corrected chi connectivity index (χ2v) is 7.79. The Bertz CT molecular complexity index is 1380. The summed E-state index contributed by atoms with van der Waals surface area (Å²) in [7, 11) is 0. The van der Waals surface area contributed by atoms with Gasteiger partial charge in [0.2, 0.25) is 0 Å². The predicted octanol–water partition coefficient (Wildman–Crippen LogP) is 7.36. The molecule has 6 rings (SSSR count). The molecule has 0 saturated heterocycles. The van der Waals surface area contributed by atoms with Crippen LogP contribution >= 0.6 is 11.3 Å². The van der Waals surface area contributed by atoms with Gasteiger partial charge in [-0.2, -0.15) is 0 Å². The van der Waals surface area contributed by atoms with Crippen molar-refractivity contribution in [3.63, 3.8) is 0 Å². The first-order chi connectivity index (χ1) is 12.8. The first-order valence-corrected chi connectivity index (χ1v) is 9.64. The third-order valence-corrected chi connectivity index (χ3v) is 6.09. The Labute approximate surface area is 154 Å². The van der Waals surface area contributed by atoms with E-state index < -0.39 is 0 Å². The summed E-state index contributed by atoms with van der Waals surface area (Å²) in [5.74, 6) is 0. The van der Waals surface area contributed by atoms with Crippen molar-refractivity contribution in [1.29, 1.82) is 0 Å². The fraction of sp³-hybridized carbons (Fsp3) is 0. The molecular formula is C24H15NS. The maximum absolute atomic E-state index is 3.60. The van der Waals surface area contributed by atoms with E-state index in [1.54, 1.807) is 11.3 Å². The fourth-order valence-corrected chi connectivity index (χ4v) is 4.67. The van der Waals surface area contributed by atoms with E-state index in [0.717, 1.165) is 0 Å². The molecule has 0 unspecified atom stereocenters. The molecular weight excluding hydrogens is 334 g/mol. The standard InChI is InChI=1S/C24H15NS/c1-2-4-16-12-23-21(10-15(16)3-1)13-22(25-23)18-6-5-17-9-19-7-8-26-24(19)14-20(17)11-18/h1-14,25H. The van der Waals surface area contributed by atoms with Crippen LogP contribution < -0.4 is 0 Å². The minimum Gasteiger partial charge on any atom is -0.355 e. The van der Waals surface area contributed by atoms with Crippen molar-refractivity contribution < 1.29 is 0 Å². The summed E-state index contributed by atoms with van der Waals surface area (Å²) in [5, 5.41) is 9.88. The van der Waals surface area contributed by atoms with Crippen LogP contribution in [0, 0.1) is 0 Å². The van der Waals surface area contributed by atoms with Crippen LogP contribution in [0.2, 0.25) is 0 Å². The van der Waals surface area contributed by atoms with Crippen molar-refractivity contribution >= 4 is 53.9 Å². The van der Waals surface area contributed by atoms with Crippen LogP contribution in [-0.2, 0) is 0 Å². The number of benzene rings is 4. The van der Waals surface area contributed by atoms with Crippen molar-refractivity contribution in [3.05, 3.63) is 84.2 Å². The highest BCUT2D eigenvalue weighted by atomic mass is 32.1. The summed E-state index contributed by atoms with van der Waals surface area (Å²) >= 11 is 1.80. The van der Waals surface area contributed by atoms with Gasteiger partial charge in [-0.25, -0.2) is 0 Å². The lowest BCUT2D eigenvalue weighted by Crippen LogP contribution is -1.79. The average Bonchev–Trinajstić information content (AvgIpc) is 3.29. The summed E-state index contributed by atoms with van der Waals surface area (Å²) < 4.78 is 1.34. The molecule has 0 amide bonds. The zero-order valence-electron chi connectivity index (χ0n) is 14.0. The van der Waals surface area contributed by atoms with Gasteiger partial charge in [0.25, 0.3) is 0 Å². The Morgan fingerprint density at radius 3 is 2.31 bits per heavy atom. The SMILES string of the molecule is c1ccc2cc3[nH]c(-c4ccc5cc6ccsc6cc5c4)cc3cc2c1. The monoisotopic (exact) mass is 349 g/mol. The van der Waals surface area contributed by atoms with E-state index in [0.29, 0.717) is 0 Å². The van der Waals surface area contributed by atoms with Gasteiger partial charge in [-0.05, 0) is 80.3 Å². The first-order valence-electron chi connectivity index (χ1n) is 8.76. The van der Waals surface area contributed by atoms with E-state index in [4.69, 9.17) is 0 Å². The van der Waals surface area contributed by atoms with Gasteiger partial charge in [0.1, 0.15) is 0 Å². The van der Waals surface area contributed by atoms with Crippen LogP contribution in [0.5, 0.6) is 0 Å². The van der Waals surface area contributed by atoms with Gasteiger partial charge in [-0.15, -0.1) is 11.3 Å². The van der Waals surface area contributed by atoms with Crippen LogP contribution in [0.25, 0.3) is 53.8 Å². The van der Waals surface area contributed by atoms with Gasteiger partial charge >= 0.3 is 0 Å². The second-order valence-electron chi connectivity index (χ2n) is 6.84. The van der Waals surface area contributed by atoms with Gasteiger partial charge < -0.3 is 4.98 Å². The first kappa shape index (κ1) is 14.1. The zero-order chi connectivity index (χ0) is 17.1. The summed E-state index contributed by atoms with van der Waals surface area (Å²) in [6, 6.07) is 28.8. The number of hydrogen-bond donors (Lipinski definition) is 1. The molecule has 0 radical (unpaired) electrons. The number of rotatable bonds is 1. The fourth-order valence-electron chi connectivity index (χ4n) is 3.85. The van der Waals surface area contributed by atoms with E-state index in [-0.39, 0.29) is 0 Å². The third kappa shape index (κ3) is 2.09. The average molecular weight is 349 g/mol. The molecule has 122 valence electrons. The molecule has 0 aliphatic rings. The van der Waals surface area contributed by atoms with Crippen molar-refractivity contribution in [2.75, 3.05) is 0 Å². The molecule has 2 heteroatoms. The molecule has 26 heavy (non-hydrogen) atoms. The van der Waals surface area contributed by atoms with Crippen LogP contribution in [-0.4, -0.2) is 4.98 Å². The number of aromatic nitrogens is 1. The number of nitrogens with one attached hydrogen (secondary N) is 1. The van der Waals surface area contributed by atoms with E-state index in [9.17, 15) is 0 Å². The molecule has 0 bridgehead atoms. The molecule has 0 fully saturated rings. The molecule has 1 N–H and O–H groups in total. The van der Waals surface area contributed by atoms with Gasteiger partial charge in [0.15, 0.2) is 0 Å². The highest BCUT2D eigenvalue weighted by Crippen LogP contribution is 2.32. The summed E-state index contributed by atoms with van der Waals surface area (Å²) in [6.07, 6.45) is 0. The number of H-pyrrole nitrogens is 1. The molecule has 1 nitrogen and oxygen atoms in total. The van der Waals surface area contributed by atoms with Crippen LogP contribution in [0.15, 0.2) is 84.2 Å². The van der Waals surface area contributed by atoms with E-state index in [1.807, 2.05) is 0 Å². The quantitative estimate of drug-likeness (QED) is 0.319. The van der Waals surface area contributed by atoms with Gasteiger partial charge in [0.05, 0.1) is 0 Å². The summed E-state index contributed by atoms with van der Waals surface area (Å²) in [5.41, 5.74) is 3.59. The van der Waals surface area contributed by atoms with Crippen molar-refractivity contribution in [1.82, 2.24) is 4.98 Å². The molecule has 0 saturated carbocycles. The number of aromatic amines is 1. The highest BCUT2D eigenvalue weighted by Gasteiger charge is 2.07. The van der Waals surface area contributed by atoms with Gasteiger partial charge in [-0.3, -0.25) is 0 Å². The summed E-state index contributed by atoms with van der Waals surface area (Å²) in [6.45, 7) is 0. The largest absolute Gasteiger partial charge is 0.355 e. The normalized spacial score (nSPS) is 11.8. The minimum atomic E-state index is 1.17. The number of thiophene rings is 1. The third-order valence-electron chi connectivity index (χ3n) is 5.21. The van der Waals surface area contributed by atoms with Gasteiger partial charge in [-0.1, -0.05) is 36.4 Å². The molecule has 0 aliphatic carbocycles. The Balaban J connectivity index is 1.56. The Kier molecular flexibility index (Phi) is 2.82. The lowest BCUT2D eigenvalue weighted by Gasteiger charge is -2.03. The molecule has 0 atom stereocenters. The van der Waals surface area contributed by atoms with Crippen molar-refractivity contribution in [2.45, 2.75) is 0 Å². The van der Waals surface area contributed by atoms with Crippen LogP contribution in [0.3, 0.4) is 0 Å². The molecule has 6 aromatic rings. The predicted molar refractivity (Wildman–Crippen MR) is 114 cm³/mol. The molecule has 2 aromatic heterocycles. The number of hydrogen-bond acceptors (Lipinski definition) is 1. The smallest absolute Gasteiger partial charge is 0.0465 e. The molecule has 0 aliphatic heterocycles. The van der Waals surface area contributed by atoms with Crippen molar-refractivity contribution in [3.8, 4) is 11.3 Å². The van der Waals surface area contributed by atoms with E-state index in [2.05, 4.69) is 89.2 Å². The van der Waals surface area contributed by atoms with Gasteiger partial charge in [0, 0.05) is 21.3 Å². The van der Waals surface area contributed by atoms with E-state index >= 15 is 0 Å². The van der Waals surface area contributed by atoms with Crippen molar-refractivity contribution in [2.24, 2.45) is 0 Å². The Hall–Kier alpha value is -3.10. The van der Waals surface area contributed by atoms with E-state index in [1.165, 1.54) is 53.8 Å². The summed E-state index contributed by atoms with van der Waals surface area (Å²) in [4.78, 5) is 3.60. The lowest BCUT2D eigenvalue weighted by molar-refractivity contribution is 1.46. The second kappa shape index (κ2) is 5.20. The lowest BCUT2D eigenvalue weighted by atomic mass is 10.0. The molecule has 0 spiro atoms. The molecule has 4 aromatic carbocycles. The topological polar surface area (TPSA) is 15.8 Å². The Morgan fingerprint density at radius 2 is 1.38 bits per heavy atom. The highest BCUT2D eigenvalue weighted by molar-refractivity contribution is 7.17. The number of fused-ring (bicyclic) bond motifs is 4. The maximum Gasteiger partial charge on any atom is 0.0465 e. The minimum absolute atomic E-state index is 1.17. The zero-order valence-corrected chi connectivity index (χ0v) is 14.8. The molecule has 2 heterocycles. The van der Waals surface area contributed by atoms with Crippen LogP contribution in [0.4, 0.5) is 0 Å². The van der Waals surface area contributed by atoms with Crippen LogP contribution in [0.1, 0.15) is 0 Å².